The summed E-state index contributed by atoms with van der Waals surface area (Å²) in [4.78, 5) is 4.29. The van der Waals surface area contributed by atoms with E-state index in [2.05, 4.69) is 10.4 Å². The van der Waals surface area contributed by atoms with Crippen molar-refractivity contribution in [3.8, 4) is 5.75 Å². The average Bonchev–Trinajstić information content (AvgIpc) is 2.36. The Morgan fingerprint density at radius 2 is 2.06 bits per heavy atom. The zero-order valence-electron chi connectivity index (χ0n) is 10.3. The standard InChI is InChI=1S/C12H19N3O2/c1-3-17-11-6-4-10(5-7-11)12(15-13)14-8-9-16-2/h4-7H,3,8-9,13H2,1-2H3,(H,14,15). The molecule has 0 spiro atoms. The second-order valence-corrected chi connectivity index (χ2v) is 3.32. The second-order valence-electron chi connectivity index (χ2n) is 3.32. The minimum atomic E-state index is 0.572. The SMILES string of the molecule is CCOc1ccc(C(=NCCOC)NN)cc1. The molecule has 0 heterocycles. The van der Waals surface area contributed by atoms with Gasteiger partial charge in [0, 0.05) is 12.7 Å². The molecule has 0 aromatic heterocycles. The van der Waals surface area contributed by atoms with Crippen molar-refractivity contribution in [1.82, 2.24) is 5.43 Å². The van der Waals surface area contributed by atoms with Gasteiger partial charge in [-0.15, -0.1) is 0 Å². The van der Waals surface area contributed by atoms with E-state index in [1.54, 1.807) is 7.11 Å². The highest BCUT2D eigenvalue weighted by Gasteiger charge is 2.01. The number of hydrazine groups is 1. The maximum atomic E-state index is 5.43. The molecular weight excluding hydrogens is 218 g/mol. The Bertz CT molecular complexity index is 349. The lowest BCUT2D eigenvalue weighted by molar-refractivity contribution is 0.208. The van der Waals surface area contributed by atoms with E-state index in [9.17, 15) is 0 Å². The molecule has 0 amide bonds. The zero-order valence-corrected chi connectivity index (χ0v) is 10.3. The predicted molar refractivity (Wildman–Crippen MR) is 68.2 cm³/mol. The molecule has 0 aliphatic carbocycles. The van der Waals surface area contributed by atoms with Gasteiger partial charge >= 0.3 is 0 Å². The van der Waals surface area contributed by atoms with Crippen molar-refractivity contribution in [2.75, 3.05) is 26.9 Å². The molecule has 5 nitrogen and oxygen atoms in total. The third-order valence-corrected chi connectivity index (χ3v) is 2.14. The van der Waals surface area contributed by atoms with Crippen LogP contribution in [0.5, 0.6) is 5.75 Å². The topological polar surface area (TPSA) is 68.9 Å². The highest BCUT2D eigenvalue weighted by molar-refractivity contribution is 5.98. The quantitative estimate of drug-likeness (QED) is 0.254. The number of hydrogen-bond donors (Lipinski definition) is 2. The van der Waals surface area contributed by atoms with Crippen LogP contribution in [0.1, 0.15) is 12.5 Å². The molecule has 0 radical (unpaired) electrons. The first-order valence-electron chi connectivity index (χ1n) is 5.55. The van der Waals surface area contributed by atoms with Gasteiger partial charge < -0.3 is 14.9 Å². The van der Waals surface area contributed by atoms with E-state index in [1.807, 2.05) is 31.2 Å². The number of rotatable bonds is 6. The molecule has 0 aliphatic heterocycles. The van der Waals surface area contributed by atoms with Crippen LogP contribution in [0.2, 0.25) is 0 Å². The summed E-state index contributed by atoms with van der Waals surface area (Å²) in [6.07, 6.45) is 0. The predicted octanol–water partition coefficient (Wildman–Crippen LogP) is 0.942. The number of aliphatic imine (C=N–C) groups is 1. The van der Waals surface area contributed by atoms with Gasteiger partial charge in [-0.25, -0.2) is 5.84 Å². The van der Waals surface area contributed by atoms with Crippen LogP contribution in [-0.2, 0) is 4.74 Å². The fourth-order valence-corrected chi connectivity index (χ4v) is 1.34. The highest BCUT2D eigenvalue weighted by atomic mass is 16.5. The van der Waals surface area contributed by atoms with Crippen LogP contribution >= 0.6 is 0 Å². The summed E-state index contributed by atoms with van der Waals surface area (Å²) in [7, 11) is 1.64. The molecule has 17 heavy (non-hydrogen) atoms. The minimum absolute atomic E-state index is 0.572. The van der Waals surface area contributed by atoms with Gasteiger partial charge in [-0.1, -0.05) is 0 Å². The molecular formula is C12H19N3O2. The normalized spacial score (nSPS) is 11.4. The van der Waals surface area contributed by atoms with Crippen LogP contribution in [0.4, 0.5) is 0 Å². The minimum Gasteiger partial charge on any atom is -0.494 e. The summed E-state index contributed by atoms with van der Waals surface area (Å²) in [5, 5.41) is 0. The number of ether oxygens (including phenoxy) is 2. The number of nitrogens with one attached hydrogen (secondary N) is 1. The van der Waals surface area contributed by atoms with Crippen LogP contribution < -0.4 is 16.0 Å². The van der Waals surface area contributed by atoms with Crippen molar-refractivity contribution in [3.63, 3.8) is 0 Å². The van der Waals surface area contributed by atoms with Crippen LogP contribution in [0.3, 0.4) is 0 Å². The summed E-state index contributed by atoms with van der Waals surface area (Å²) in [5.41, 5.74) is 3.51. The fourth-order valence-electron chi connectivity index (χ4n) is 1.34. The summed E-state index contributed by atoms with van der Waals surface area (Å²) in [5.74, 6) is 6.91. The van der Waals surface area contributed by atoms with E-state index in [1.165, 1.54) is 0 Å². The number of hydrogen-bond acceptors (Lipinski definition) is 4. The van der Waals surface area contributed by atoms with Crippen molar-refractivity contribution in [2.24, 2.45) is 10.8 Å². The summed E-state index contributed by atoms with van der Waals surface area (Å²) in [6, 6.07) is 7.61. The molecule has 1 rings (SSSR count). The molecule has 94 valence electrons. The molecule has 0 aliphatic rings. The molecule has 0 bridgehead atoms. The van der Waals surface area contributed by atoms with E-state index in [0.717, 1.165) is 11.3 Å². The first-order chi connectivity index (χ1) is 8.31. The van der Waals surface area contributed by atoms with Crippen molar-refractivity contribution in [2.45, 2.75) is 6.92 Å². The van der Waals surface area contributed by atoms with Gasteiger partial charge in [0.1, 0.15) is 11.6 Å². The second kappa shape index (κ2) is 7.65. The Morgan fingerprint density at radius 1 is 1.35 bits per heavy atom. The smallest absolute Gasteiger partial charge is 0.142 e. The van der Waals surface area contributed by atoms with E-state index in [4.69, 9.17) is 15.3 Å². The maximum absolute atomic E-state index is 5.43. The van der Waals surface area contributed by atoms with E-state index in [0.29, 0.717) is 25.6 Å². The van der Waals surface area contributed by atoms with Gasteiger partial charge in [0.15, 0.2) is 0 Å². The van der Waals surface area contributed by atoms with Crippen molar-refractivity contribution in [3.05, 3.63) is 29.8 Å². The van der Waals surface area contributed by atoms with Crippen LogP contribution in [0.25, 0.3) is 0 Å². The third kappa shape index (κ3) is 4.42. The lowest BCUT2D eigenvalue weighted by Gasteiger charge is -2.07. The Labute approximate surface area is 102 Å². The van der Waals surface area contributed by atoms with Crippen LogP contribution in [0, 0.1) is 0 Å². The Balaban J connectivity index is 2.71. The van der Waals surface area contributed by atoms with Gasteiger partial charge in [0.2, 0.25) is 0 Å². The molecule has 0 saturated carbocycles. The molecule has 0 fully saturated rings. The van der Waals surface area contributed by atoms with Crippen LogP contribution in [-0.4, -0.2) is 32.7 Å². The molecule has 5 heteroatoms. The van der Waals surface area contributed by atoms with Gasteiger partial charge in [0.05, 0.1) is 19.8 Å². The number of benzene rings is 1. The zero-order chi connectivity index (χ0) is 12.5. The fraction of sp³-hybridized carbons (Fsp3) is 0.417. The van der Waals surface area contributed by atoms with E-state index < -0.39 is 0 Å². The van der Waals surface area contributed by atoms with Gasteiger partial charge in [-0.05, 0) is 31.2 Å². The van der Waals surface area contributed by atoms with Crippen LogP contribution in [0.15, 0.2) is 29.3 Å². The molecule has 1 aromatic carbocycles. The molecule has 0 atom stereocenters. The number of nitrogens with two attached hydrogens (primary N) is 1. The van der Waals surface area contributed by atoms with E-state index in [-0.39, 0.29) is 0 Å². The lowest BCUT2D eigenvalue weighted by atomic mass is 10.2. The number of amidine groups is 1. The Morgan fingerprint density at radius 3 is 2.59 bits per heavy atom. The summed E-state index contributed by atoms with van der Waals surface area (Å²) >= 11 is 0. The van der Waals surface area contributed by atoms with E-state index >= 15 is 0 Å². The Hall–Kier alpha value is -1.59. The van der Waals surface area contributed by atoms with Gasteiger partial charge in [0.25, 0.3) is 0 Å². The summed E-state index contributed by atoms with van der Waals surface area (Å²) < 4.78 is 10.3. The van der Waals surface area contributed by atoms with Crippen molar-refractivity contribution in [1.29, 1.82) is 0 Å². The van der Waals surface area contributed by atoms with Crippen molar-refractivity contribution >= 4 is 5.84 Å². The molecule has 0 saturated heterocycles. The third-order valence-electron chi connectivity index (χ3n) is 2.14. The average molecular weight is 237 g/mol. The van der Waals surface area contributed by atoms with Crippen molar-refractivity contribution < 1.29 is 9.47 Å². The number of nitrogens with zero attached hydrogens (tertiary/aromatic N) is 1. The molecule has 3 N–H and O–H groups in total. The molecule has 1 aromatic rings. The Kier molecular flexibility index (Phi) is 6.06. The van der Waals surface area contributed by atoms with Gasteiger partial charge in [-0.2, -0.15) is 0 Å². The largest absolute Gasteiger partial charge is 0.494 e. The van der Waals surface area contributed by atoms with Gasteiger partial charge in [-0.3, -0.25) is 4.99 Å². The first-order valence-corrected chi connectivity index (χ1v) is 5.55. The highest BCUT2D eigenvalue weighted by Crippen LogP contribution is 2.12. The number of methoxy groups -OCH3 is 1. The molecule has 0 unspecified atom stereocenters. The maximum Gasteiger partial charge on any atom is 0.142 e. The summed E-state index contributed by atoms with van der Waals surface area (Å²) in [6.45, 7) is 3.75. The lowest BCUT2D eigenvalue weighted by Crippen LogP contribution is -2.31. The first kappa shape index (κ1) is 13.5. The monoisotopic (exact) mass is 237 g/mol.